The van der Waals surface area contributed by atoms with E-state index in [2.05, 4.69) is 208 Å². The summed E-state index contributed by atoms with van der Waals surface area (Å²) < 4.78 is 14.1. The van der Waals surface area contributed by atoms with Gasteiger partial charge in [0, 0.05) is 32.7 Å². The lowest BCUT2D eigenvalue weighted by molar-refractivity contribution is 0.670. The van der Waals surface area contributed by atoms with Crippen molar-refractivity contribution in [2.75, 3.05) is 0 Å². The smallest absolute Gasteiger partial charge is 0.143 e. The first kappa shape index (κ1) is 35.7. The van der Waals surface area contributed by atoms with E-state index in [9.17, 15) is 0 Å². The summed E-state index contributed by atoms with van der Waals surface area (Å²) in [5, 5.41) is 10.6. The number of fused-ring (bicyclic) bond motifs is 14. The lowest BCUT2D eigenvalue weighted by atomic mass is 9.91. The van der Waals surface area contributed by atoms with Crippen LogP contribution < -0.4 is 20.7 Å². The Kier molecular flexibility index (Phi) is 7.36. The summed E-state index contributed by atoms with van der Waals surface area (Å²) in [5.74, 6) is 0. The van der Waals surface area contributed by atoms with Crippen LogP contribution in [0.15, 0.2) is 191 Å². The zero-order valence-electron chi connectivity index (χ0n) is 35.1. The molecule has 0 unspecified atom stereocenters. The third-order valence-electron chi connectivity index (χ3n) is 14.3. The summed E-state index contributed by atoms with van der Waals surface area (Å²) in [5.41, 5.74) is 19.0. The molecule has 294 valence electrons. The zero-order chi connectivity index (χ0) is 41.5. The maximum atomic E-state index is 7.07. The fourth-order valence-electron chi connectivity index (χ4n) is 11.1. The maximum Gasteiger partial charge on any atom is 0.143 e. The summed E-state index contributed by atoms with van der Waals surface area (Å²) >= 11 is 0. The van der Waals surface area contributed by atoms with E-state index in [1.165, 1.54) is 98.3 Å². The summed E-state index contributed by atoms with van der Waals surface area (Å²) in [4.78, 5) is 0. The second kappa shape index (κ2) is 12.8. The Hall–Kier alpha value is -6.99. The van der Waals surface area contributed by atoms with E-state index < -0.39 is 16.1 Å². The SMILES string of the molecule is C[Si]1(C)c2cc3c(cc2-c2c1cc(-c1cccc(-c4ccccc4)c1)c1c2oc2ccccc21)[Si](C)(C)c1cc(-c2cccc(-c4ccccc4)c2)c2c(oc4ccccc42)c1-3. The average molecular weight is 827 g/mol. The van der Waals surface area contributed by atoms with Gasteiger partial charge < -0.3 is 8.83 Å². The first-order valence-corrected chi connectivity index (χ1v) is 27.7. The molecule has 0 fully saturated rings. The van der Waals surface area contributed by atoms with Crippen LogP contribution in [-0.2, 0) is 0 Å². The van der Waals surface area contributed by atoms with Gasteiger partial charge in [-0.2, -0.15) is 0 Å². The van der Waals surface area contributed by atoms with E-state index in [1.807, 2.05) is 0 Å². The predicted octanol–water partition coefficient (Wildman–Crippen LogP) is 13.8. The Labute approximate surface area is 362 Å². The lowest BCUT2D eigenvalue weighted by Gasteiger charge is -2.22. The van der Waals surface area contributed by atoms with E-state index in [-0.39, 0.29) is 0 Å². The van der Waals surface area contributed by atoms with Crippen LogP contribution in [0.4, 0.5) is 0 Å². The normalized spacial score (nSPS) is 14.4. The van der Waals surface area contributed by atoms with Crippen LogP contribution in [0.2, 0.25) is 26.2 Å². The van der Waals surface area contributed by atoms with Crippen molar-refractivity contribution in [3.05, 3.63) is 182 Å². The van der Waals surface area contributed by atoms with Gasteiger partial charge in [-0.05, 0) is 101 Å². The topological polar surface area (TPSA) is 26.3 Å². The van der Waals surface area contributed by atoms with Crippen molar-refractivity contribution >= 4 is 80.8 Å². The molecule has 2 aliphatic heterocycles. The van der Waals surface area contributed by atoms with Crippen molar-refractivity contribution in [1.82, 2.24) is 0 Å². The van der Waals surface area contributed by atoms with E-state index in [1.54, 1.807) is 0 Å². The number of rotatable bonds is 4. The van der Waals surface area contributed by atoms with Gasteiger partial charge in [-0.25, -0.2) is 0 Å². The molecule has 0 saturated heterocycles. The predicted molar refractivity (Wildman–Crippen MR) is 267 cm³/mol. The first-order valence-electron chi connectivity index (χ1n) is 21.7. The highest BCUT2D eigenvalue weighted by Gasteiger charge is 2.46. The fraction of sp³-hybridized carbons (Fsp3) is 0.0690. The minimum absolute atomic E-state index is 0.934. The standard InChI is InChI=1S/C58H42O2Si2/c1-61(2)49-33-46-50(34-45(49)55-51(61)31-43(53-41-25-11-13-27-47(41)59-57(53)55)39-23-15-21-37(29-39)35-17-7-5-8-18-35)62(3,4)52-32-44(40-24-16-22-38(30-40)36-19-9-6-10-20-36)54-42-26-12-14-28-48(42)60-58(54)56(46)52/h5-34H,1-4H3. The molecule has 0 spiro atoms. The molecule has 0 atom stereocenters. The Morgan fingerprint density at radius 3 is 1.10 bits per heavy atom. The van der Waals surface area contributed by atoms with Gasteiger partial charge >= 0.3 is 0 Å². The molecule has 0 amide bonds. The monoisotopic (exact) mass is 826 g/mol. The van der Waals surface area contributed by atoms with Gasteiger partial charge in [0.1, 0.15) is 38.5 Å². The van der Waals surface area contributed by atoms with Crippen molar-refractivity contribution in [2.45, 2.75) is 26.2 Å². The molecule has 2 aromatic heterocycles. The molecule has 0 aliphatic carbocycles. The van der Waals surface area contributed by atoms with Crippen molar-refractivity contribution in [3.8, 4) is 66.8 Å². The zero-order valence-corrected chi connectivity index (χ0v) is 37.1. The molecule has 0 radical (unpaired) electrons. The van der Waals surface area contributed by atoms with Crippen LogP contribution in [0, 0.1) is 0 Å². The number of hydrogen-bond donors (Lipinski definition) is 0. The Morgan fingerprint density at radius 2 is 0.661 bits per heavy atom. The third kappa shape index (κ3) is 4.90. The number of furan rings is 2. The van der Waals surface area contributed by atoms with Crippen LogP contribution in [0.1, 0.15) is 0 Å². The molecular weight excluding hydrogens is 785 g/mol. The summed E-state index contributed by atoms with van der Waals surface area (Å²) in [6.07, 6.45) is 0. The van der Waals surface area contributed by atoms with Crippen LogP contribution >= 0.6 is 0 Å². The fourth-order valence-corrected chi connectivity index (χ4v) is 17.2. The first-order chi connectivity index (χ1) is 30.3. The summed E-state index contributed by atoms with van der Waals surface area (Å²) in [6, 6.07) is 67.0. The average Bonchev–Trinajstić information content (AvgIpc) is 4.01. The van der Waals surface area contributed by atoms with Gasteiger partial charge in [-0.1, -0.05) is 184 Å². The molecule has 13 rings (SSSR count). The highest BCUT2D eigenvalue weighted by Crippen LogP contribution is 2.48. The maximum absolute atomic E-state index is 7.07. The second-order valence-corrected chi connectivity index (χ2v) is 27.0. The molecule has 2 nitrogen and oxygen atoms in total. The second-order valence-electron chi connectivity index (χ2n) is 18.4. The molecule has 9 aromatic carbocycles. The summed E-state index contributed by atoms with van der Waals surface area (Å²) in [6.45, 7) is 10.2. The van der Waals surface area contributed by atoms with Gasteiger partial charge in [-0.3, -0.25) is 0 Å². The Bertz CT molecular complexity index is 3440. The van der Waals surface area contributed by atoms with E-state index in [0.29, 0.717) is 0 Å². The van der Waals surface area contributed by atoms with E-state index in [0.717, 1.165) is 33.1 Å². The molecule has 0 bridgehead atoms. The van der Waals surface area contributed by atoms with Crippen molar-refractivity contribution in [3.63, 3.8) is 0 Å². The van der Waals surface area contributed by atoms with E-state index in [4.69, 9.17) is 8.83 Å². The van der Waals surface area contributed by atoms with E-state index >= 15 is 0 Å². The third-order valence-corrected chi connectivity index (χ3v) is 21.3. The van der Waals surface area contributed by atoms with Crippen molar-refractivity contribution in [1.29, 1.82) is 0 Å². The van der Waals surface area contributed by atoms with Gasteiger partial charge in [0.05, 0.1) is 0 Å². The molecule has 2 aliphatic rings. The van der Waals surface area contributed by atoms with Gasteiger partial charge in [0.25, 0.3) is 0 Å². The molecule has 62 heavy (non-hydrogen) atoms. The number of para-hydroxylation sites is 2. The highest BCUT2D eigenvalue weighted by molar-refractivity contribution is 7.06. The summed E-state index contributed by atoms with van der Waals surface area (Å²) in [7, 11) is -4.55. The highest BCUT2D eigenvalue weighted by atomic mass is 28.3. The number of benzene rings is 9. The van der Waals surface area contributed by atoms with Crippen LogP contribution in [0.3, 0.4) is 0 Å². The van der Waals surface area contributed by atoms with Crippen molar-refractivity contribution in [2.24, 2.45) is 0 Å². The molecule has 0 saturated carbocycles. The van der Waals surface area contributed by atoms with Crippen LogP contribution in [-0.4, -0.2) is 16.1 Å². The van der Waals surface area contributed by atoms with Crippen molar-refractivity contribution < 1.29 is 8.83 Å². The van der Waals surface area contributed by atoms with Gasteiger partial charge in [0.15, 0.2) is 0 Å². The van der Waals surface area contributed by atoms with Gasteiger partial charge in [-0.15, -0.1) is 0 Å². The molecule has 11 aromatic rings. The lowest BCUT2D eigenvalue weighted by Crippen LogP contribution is -2.51. The molecule has 0 N–H and O–H groups in total. The van der Waals surface area contributed by atoms with Crippen LogP contribution in [0.25, 0.3) is 111 Å². The molecule has 4 heteroatoms. The minimum Gasteiger partial charge on any atom is -0.455 e. The minimum atomic E-state index is -2.28. The Morgan fingerprint density at radius 1 is 0.306 bits per heavy atom. The van der Waals surface area contributed by atoms with Crippen LogP contribution in [0.5, 0.6) is 0 Å². The quantitative estimate of drug-likeness (QED) is 0.165. The molecule has 4 heterocycles. The Balaban J connectivity index is 1.06. The molecular formula is C58H42O2Si2. The largest absolute Gasteiger partial charge is 0.455 e. The number of hydrogen-bond acceptors (Lipinski definition) is 2. The van der Waals surface area contributed by atoms with Gasteiger partial charge in [0.2, 0.25) is 0 Å².